The van der Waals surface area contributed by atoms with Crippen LogP contribution in [0.1, 0.15) is 47.8 Å². The van der Waals surface area contributed by atoms with Crippen molar-refractivity contribution in [2.75, 3.05) is 0 Å². The molecular weight excluding hydrogens is 357 g/mol. The molecule has 1 unspecified atom stereocenters. The van der Waals surface area contributed by atoms with Crippen molar-refractivity contribution in [2.24, 2.45) is 0 Å². The summed E-state index contributed by atoms with van der Waals surface area (Å²) < 4.78 is 18.4. The van der Waals surface area contributed by atoms with Gasteiger partial charge in [0, 0.05) is 0 Å². The molecule has 0 saturated heterocycles. The Balaban J connectivity index is 2.23. The number of rotatable bonds is 6. The standard InChI is InChI=1S/C20H21ClFNO3/c1-12(2)26-19(24)11-18(14-6-4-13(3)5-7-14)23-20(25)16-9-8-15(22)10-17(16)21/h4-10,12,18H,11H2,1-3H3,(H,23,25). The van der Waals surface area contributed by atoms with Gasteiger partial charge in [0.15, 0.2) is 0 Å². The Labute approximate surface area is 157 Å². The highest BCUT2D eigenvalue weighted by Crippen LogP contribution is 2.22. The van der Waals surface area contributed by atoms with E-state index in [9.17, 15) is 14.0 Å². The van der Waals surface area contributed by atoms with Gasteiger partial charge in [0.1, 0.15) is 5.82 Å². The Bertz CT molecular complexity index is 790. The molecule has 1 amide bonds. The zero-order valence-electron chi connectivity index (χ0n) is 14.9. The smallest absolute Gasteiger partial charge is 0.308 e. The van der Waals surface area contributed by atoms with Crippen molar-refractivity contribution in [1.82, 2.24) is 5.32 Å². The first-order valence-corrected chi connectivity index (χ1v) is 8.66. The van der Waals surface area contributed by atoms with Gasteiger partial charge in [-0.2, -0.15) is 0 Å². The van der Waals surface area contributed by atoms with Gasteiger partial charge in [0.2, 0.25) is 0 Å². The van der Waals surface area contributed by atoms with Gasteiger partial charge in [-0.15, -0.1) is 0 Å². The minimum Gasteiger partial charge on any atom is -0.463 e. The van der Waals surface area contributed by atoms with Crippen LogP contribution in [0.4, 0.5) is 4.39 Å². The summed E-state index contributed by atoms with van der Waals surface area (Å²) in [5.41, 5.74) is 1.97. The number of hydrogen-bond acceptors (Lipinski definition) is 3. The van der Waals surface area contributed by atoms with E-state index in [1.54, 1.807) is 13.8 Å². The summed E-state index contributed by atoms with van der Waals surface area (Å²) in [6.07, 6.45) is -0.269. The van der Waals surface area contributed by atoms with Gasteiger partial charge in [-0.05, 0) is 44.5 Å². The van der Waals surface area contributed by atoms with Crippen LogP contribution >= 0.6 is 11.6 Å². The first-order chi connectivity index (χ1) is 12.3. The number of nitrogens with one attached hydrogen (secondary N) is 1. The highest BCUT2D eigenvalue weighted by molar-refractivity contribution is 6.33. The van der Waals surface area contributed by atoms with Gasteiger partial charge in [0.05, 0.1) is 29.2 Å². The van der Waals surface area contributed by atoms with Crippen molar-refractivity contribution in [2.45, 2.75) is 39.3 Å². The third-order valence-corrected chi connectivity index (χ3v) is 4.01. The van der Waals surface area contributed by atoms with E-state index in [1.807, 2.05) is 31.2 Å². The van der Waals surface area contributed by atoms with Crippen LogP contribution in [0.2, 0.25) is 5.02 Å². The van der Waals surface area contributed by atoms with Gasteiger partial charge in [-0.25, -0.2) is 4.39 Å². The van der Waals surface area contributed by atoms with Crippen LogP contribution in [-0.4, -0.2) is 18.0 Å². The summed E-state index contributed by atoms with van der Waals surface area (Å²) in [7, 11) is 0. The zero-order valence-corrected chi connectivity index (χ0v) is 15.6. The van der Waals surface area contributed by atoms with Gasteiger partial charge in [-0.3, -0.25) is 9.59 Å². The maximum absolute atomic E-state index is 13.2. The van der Waals surface area contributed by atoms with Crippen LogP contribution in [0.5, 0.6) is 0 Å². The molecule has 0 aliphatic heterocycles. The quantitative estimate of drug-likeness (QED) is 0.748. The first kappa shape index (κ1) is 19.9. The average Bonchev–Trinajstić information content (AvgIpc) is 2.54. The summed E-state index contributed by atoms with van der Waals surface area (Å²) in [6, 6.07) is 10.4. The maximum Gasteiger partial charge on any atom is 0.308 e. The van der Waals surface area contributed by atoms with Gasteiger partial charge in [0.25, 0.3) is 5.91 Å². The Morgan fingerprint density at radius 1 is 1.15 bits per heavy atom. The third kappa shape index (κ3) is 5.56. The topological polar surface area (TPSA) is 55.4 Å². The molecule has 138 valence electrons. The highest BCUT2D eigenvalue weighted by Gasteiger charge is 2.22. The number of esters is 1. The second-order valence-electron chi connectivity index (χ2n) is 6.30. The third-order valence-electron chi connectivity index (χ3n) is 3.70. The number of amides is 1. The van der Waals surface area contributed by atoms with E-state index in [-0.39, 0.29) is 23.1 Å². The van der Waals surface area contributed by atoms with E-state index in [2.05, 4.69) is 5.32 Å². The number of carbonyl (C=O) groups excluding carboxylic acids is 2. The predicted octanol–water partition coefficient (Wildman–Crippen LogP) is 4.60. The summed E-state index contributed by atoms with van der Waals surface area (Å²) in [5, 5.41) is 2.80. The van der Waals surface area contributed by atoms with Crippen LogP contribution in [0, 0.1) is 12.7 Å². The van der Waals surface area contributed by atoms with Gasteiger partial charge >= 0.3 is 5.97 Å². The number of aryl methyl sites for hydroxylation is 1. The van der Waals surface area contributed by atoms with Crippen molar-refractivity contribution in [3.63, 3.8) is 0 Å². The summed E-state index contributed by atoms with van der Waals surface area (Å²) in [5.74, 6) is -1.43. The summed E-state index contributed by atoms with van der Waals surface area (Å²) in [4.78, 5) is 24.6. The Morgan fingerprint density at radius 2 is 1.81 bits per heavy atom. The summed E-state index contributed by atoms with van der Waals surface area (Å²) in [6.45, 7) is 5.47. The molecule has 1 atom stereocenters. The molecule has 2 aromatic carbocycles. The fourth-order valence-corrected chi connectivity index (χ4v) is 2.69. The number of carbonyl (C=O) groups is 2. The lowest BCUT2D eigenvalue weighted by Gasteiger charge is -2.20. The number of ether oxygens (including phenoxy) is 1. The van der Waals surface area contributed by atoms with E-state index in [1.165, 1.54) is 6.07 Å². The van der Waals surface area contributed by atoms with Gasteiger partial charge in [-0.1, -0.05) is 41.4 Å². The van der Waals surface area contributed by atoms with E-state index >= 15 is 0 Å². The molecule has 1 N–H and O–H groups in total. The fraction of sp³-hybridized carbons (Fsp3) is 0.300. The van der Waals surface area contributed by atoms with E-state index in [4.69, 9.17) is 16.3 Å². The molecule has 26 heavy (non-hydrogen) atoms. The molecule has 4 nitrogen and oxygen atoms in total. The summed E-state index contributed by atoms with van der Waals surface area (Å²) >= 11 is 5.96. The second-order valence-corrected chi connectivity index (χ2v) is 6.71. The molecule has 0 bridgehead atoms. The Kier molecular flexibility index (Phi) is 6.75. The fourth-order valence-electron chi connectivity index (χ4n) is 2.44. The molecule has 0 aromatic heterocycles. The molecule has 2 rings (SSSR count). The molecule has 0 radical (unpaired) electrons. The monoisotopic (exact) mass is 377 g/mol. The SMILES string of the molecule is Cc1ccc(C(CC(=O)OC(C)C)NC(=O)c2ccc(F)cc2Cl)cc1. The van der Waals surface area contributed by atoms with Crippen LogP contribution < -0.4 is 5.32 Å². The zero-order chi connectivity index (χ0) is 19.3. The van der Waals surface area contributed by atoms with Crippen LogP contribution in [0.15, 0.2) is 42.5 Å². The normalized spacial score (nSPS) is 11.9. The van der Waals surface area contributed by atoms with E-state index in [0.29, 0.717) is 0 Å². The molecule has 0 fully saturated rings. The average molecular weight is 378 g/mol. The van der Waals surface area contributed by atoms with Crippen LogP contribution in [0.25, 0.3) is 0 Å². The number of halogens is 2. The lowest BCUT2D eigenvalue weighted by Crippen LogP contribution is -2.31. The number of hydrogen-bond donors (Lipinski definition) is 1. The second kappa shape index (κ2) is 8.81. The molecule has 0 saturated carbocycles. The maximum atomic E-state index is 13.2. The van der Waals surface area contributed by atoms with Gasteiger partial charge < -0.3 is 10.1 Å². The van der Waals surface area contributed by atoms with Crippen molar-refractivity contribution in [3.8, 4) is 0 Å². The minimum atomic E-state index is -0.588. The van der Waals surface area contributed by atoms with Crippen LogP contribution in [-0.2, 0) is 9.53 Å². The lowest BCUT2D eigenvalue weighted by molar-refractivity contribution is -0.147. The predicted molar refractivity (Wildman–Crippen MR) is 98.6 cm³/mol. The van der Waals surface area contributed by atoms with Crippen molar-refractivity contribution in [1.29, 1.82) is 0 Å². The molecular formula is C20H21ClFNO3. The molecule has 0 aliphatic rings. The Hall–Kier alpha value is -2.40. The van der Waals surface area contributed by atoms with Crippen molar-refractivity contribution >= 4 is 23.5 Å². The molecule has 2 aromatic rings. The molecule has 0 spiro atoms. The van der Waals surface area contributed by atoms with E-state index in [0.717, 1.165) is 23.3 Å². The number of benzene rings is 2. The lowest BCUT2D eigenvalue weighted by atomic mass is 10.0. The molecule has 6 heteroatoms. The molecule has 0 heterocycles. The van der Waals surface area contributed by atoms with Crippen LogP contribution in [0.3, 0.4) is 0 Å². The van der Waals surface area contributed by atoms with Crippen molar-refractivity contribution < 1.29 is 18.7 Å². The molecule has 0 aliphatic carbocycles. The Morgan fingerprint density at radius 3 is 2.38 bits per heavy atom. The van der Waals surface area contributed by atoms with E-state index < -0.39 is 23.7 Å². The largest absolute Gasteiger partial charge is 0.463 e. The van der Waals surface area contributed by atoms with Crippen molar-refractivity contribution in [3.05, 3.63) is 70.0 Å². The highest BCUT2D eigenvalue weighted by atomic mass is 35.5. The first-order valence-electron chi connectivity index (χ1n) is 8.28. The minimum absolute atomic E-state index is 0.00918.